The fourth-order valence-corrected chi connectivity index (χ4v) is 1.98. The number of hydrogen-bond donors (Lipinski definition) is 3. The standard InChI is InChI=1S/C16H16F2N2O2/c1-10-8-11(17)6-7-14(10)20-16(22)19-9-15(21)12-4-2-3-5-13(12)18/h2-8,15,21H,9H2,1H3,(H2,19,20,22). The predicted molar refractivity (Wildman–Crippen MR) is 79.5 cm³/mol. The van der Waals surface area contributed by atoms with E-state index in [2.05, 4.69) is 10.6 Å². The highest BCUT2D eigenvalue weighted by Gasteiger charge is 2.13. The molecule has 0 aliphatic heterocycles. The van der Waals surface area contributed by atoms with Crippen LogP contribution >= 0.6 is 0 Å². The molecule has 0 saturated carbocycles. The van der Waals surface area contributed by atoms with Crippen molar-refractivity contribution in [2.24, 2.45) is 0 Å². The third-order valence-corrected chi connectivity index (χ3v) is 3.16. The van der Waals surface area contributed by atoms with Crippen LogP contribution in [0.5, 0.6) is 0 Å². The molecular formula is C16H16F2N2O2. The topological polar surface area (TPSA) is 61.4 Å². The summed E-state index contributed by atoms with van der Waals surface area (Å²) < 4.78 is 26.4. The lowest BCUT2D eigenvalue weighted by atomic mass is 10.1. The molecule has 116 valence electrons. The summed E-state index contributed by atoms with van der Waals surface area (Å²) >= 11 is 0. The summed E-state index contributed by atoms with van der Waals surface area (Å²) in [6.07, 6.45) is -1.15. The number of carbonyl (C=O) groups is 1. The number of nitrogens with one attached hydrogen (secondary N) is 2. The van der Waals surface area contributed by atoms with Crippen LogP contribution in [0.2, 0.25) is 0 Å². The van der Waals surface area contributed by atoms with Crippen molar-refractivity contribution in [2.75, 3.05) is 11.9 Å². The van der Waals surface area contributed by atoms with Gasteiger partial charge < -0.3 is 15.7 Å². The van der Waals surface area contributed by atoms with Gasteiger partial charge >= 0.3 is 6.03 Å². The van der Waals surface area contributed by atoms with Crippen LogP contribution in [0.4, 0.5) is 19.3 Å². The van der Waals surface area contributed by atoms with Gasteiger partial charge in [-0.15, -0.1) is 0 Å². The Balaban J connectivity index is 1.91. The van der Waals surface area contributed by atoms with Crippen molar-refractivity contribution in [1.29, 1.82) is 0 Å². The third-order valence-electron chi connectivity index (χ3n) is 3.16. The van der Waals surface area contributed by atoms with E-state index in [1.165, 1.54) is 36.4 Å². The molecule has 0 radical (unpaired) electrons. The van der Waals surface area contributed by atoms with E-state index in [1.807, 2.05) is 0 Å². The van der Waals surface area contributed by atoms with Crippen LogP contribution in [0.3, 0.4) is 0 Å². The van der Waals surface area contributed by atoms with E-state index in [9.17, 15) is 18.7 Å². The van der Waals surface area contributed by atoms with Gasteiger partial charge in [0.1, 0.15) is 11.6 Å². The quantitative estimate of drug-likeness (QED) is 0.812. The highest BCUT2D eigenvalue weighted by molar-refractivity contribution is 5.90. The van der Waals surface area contributed by atoms with Crippen molar-refractivity contribution >= 4 is 11.7 Å². The fourth-order valence-electron chi connectivity index (χ4n) is 1.98. The lowest BCUT2D eigenvalue weighted by Crippen LogP contribution is -2.32. The van der Waals surface area contributed by atoms with Crippen LogP contribution in [-0.2, 0) is 0 Å². The lowest BCUT2D eigenvalue weighted by Gasteiger charge is -2.14. The van der Waals surface area contributed by atoms with Gasteiger partial charge in [-0.25, -0.2) is 13.6 Å². The zero-order valence-electron chi connectivity index (χ0n) is 11.9. The number of amides is 2. The van der Waals surface area contributed by atoms with Crippen LogP contribution in [0.1, 0.15) is 17.2 Å². The Bertz CT molecular complexity index is 677. The zero-order chi connectivity index (χ0) is 16.1. The molecule has 2 rings (SSSR count). The summed E-state index contributed by atoms with van der Waals surface area (Å²) in [5.41, 5.74) is 1.14. The highest BCUT2D eigenvalue weighted by Crippen LogP contribution is 2.17. The number of aliphatic hydroxyl groups excluding tert-OH is 1. The molecule has 22 heavy (non-hydrogen) atoms. The first-order chi connectivity index (χ1) is 10.5. The highest BCUT2D eigenvalue weighted by atomic mass is 19.1. The van der Waals surface area contributed by atoms with Crippen molar-refractivity contribution in [3.05, 3.63) is 65.2 Å². The molecule has 0 bridgehead atoms. The molecule has 4 nitrogen and oxygen atoms in total. The number of benzene rings is 2. The minimum absolute atomic E-state index is 0.112. The summed E-state index contributed by atoms with van der Waals surface area (Å²) in [7, 11) is 0. The van der Waals surface area contributed by atoms with Crippen molar-refractivity contribution in [3.8, 4) is 0 Å². The van der Waals surface area contributed by atoms with Gasteiger partial charge in [-0.1, -0.05) is 18.2 Å². The molecule has 2 amide bonds. The van der Waals surface area contributed by atoms with Gasteiger partial charge in [0.15, 0.2) is 0 Å². The third kappa shape index (κ3) is 4.02. The summed E-state index contributed by atoms with van der Waals surface area (Å²) in [6.45, 7) is 1.51. The zero-order valence-corrected chi connectivity index (χ0v) is 11.9. The fraction of sp³-hybridized carbons (Fsp3) is 0.188. The first-order valence-electron chi connectivity index (χ1n) is 6.71. The maximum atomic E-state index is 13.5. The van der Waals surface area contributed by atoms with Crippen molar-refractivity contribution < 1.29 is 18.7 Å². The van der Waals surface area contributed by atoms with E-state index in [0.29, 0.717) is 11.3 Å². The molecule has 0 spiro atoms. The Labute approximate surface area is 126 Å². The van der Waals surface area contributed by atoms with E-state index in [-0.39, 0.29) is 12.1 Å². The molecular weight excluding hydrogens is 290 g/mol. The molecule has 0 aliphatic carbocycles. The minimum atomic E-state index is -1.15. The molecule has 2 aromatic rings. The molecule has 2 aromatic carbocycles. The van der Waals surface area contributed by atoms with Crippen LogP contribution < -0.4 is 10.6 Å². The second-order valence-electron chi connectivity index (χ2n) is 4.83. The summed E-state index contributed by atoms with van der Waals surface area (Å²) in [5.74, 6) is -0.926. The van der Waals surface area contributed by atoms with E-state index >= 15 is 0 Å². The average Bonchev–Trinajstić information content (AvgIpc) is 2.48. The maximum absolute atomic E-state index is 13.5. The number of aryl methyl sites for hydroxylation is 1. The Hall–Kier alpha value is -2.47. The molecule has 0 fully saturated rings. The molecule has 0 aromatic heterocycles. The number of carbonyl (C=O) groups excluding carboxylic acids is 1. The van der Waals surface area contributed by atoms with E-state index < -0.39 is 23.8 Å². The van der Waals surface area contributed by atoms with Gasteiger partial charge in [-0.05, 0) is 36.8 Å². The average molecular weight is 306 g/mol. The van der Waals surface area contributed by atoms with Gasteiger partial charge in [-0.2, -0.15) is 0 Å². The van der Waals surface area contributed by atoms with Gasteiger partial charge in [0.05, 0.1) is 6.10 Å². The number of hydrogen-bond acceptors (Lipinski definition) is 2. The minimum Gasteiger partial charge on any atom is -0.386 e. The maximum Gasteiger partial charge on any atom is 0.319 e. The summed E-state index contributed by atoms with van der Waals surface area (Å²) in [4.78, 5) is 11.7. The molecule has 1 unspecified atom stereocenters. The first-order valence-corrected chi connectivity index (χ1v) is 6.71. The van der Waals surface area contributed by atoms with E-state index in [4.69, 9.17) is 0 Å². The van der Waals surface area contributed by atoms with Gasteiger partial charge in [0.2, 0.25) is 0 Å². The lowest BCUT2D eigenvalue weighted by molar-refractivity contribution is 0.170. The van der Waals surface area contributed by atoms with Crippen LogP contribution in [0.25, 0.3) is 0 Å². The number of urea groups is 1. The van der Waals surface area contributed by atoms with Gasteiger partial charge in [-0.3, -0.25) is 0 Å². The molecule has 6 heteroatoms. The normalized spacial score (nSPS) is 11.8. The SMILES string of the molecule is Cc1cc(F)ccc1NC(=O)NCC(O)c1ccccc1F. The molecule has 0 heterocycles. The summed E-state index contributed by atoms with van der Waals surface area (Å²) in [6, 6.07) is 9.21. The number of rotatable bonds is 4. The van der Waals surface area contributed by atoms with Crippen LogP contribution in [0, 0.1) is 18.6 Å². The first kappa shape index (κ1) is 15.9. The second-order valence-corrected chi connectivity index (χ2v) is 4.83. The van der Waals surface area contributed by atoms with Gasteiger partial charge in [0.25, 0.3) is 0 Å². The smallest absolute Gasteiger partial charge is 0.319 e. The Morgan fingerprint density at radius 3 is 2.64 bits per heavy atom. The molecule has 1 atom stereocenters. The largest absolute Gasteiger partial charge is 0.386 e. The second kappa shape index (κ2) is 7.00. The van der Waals surface area contributed by atoms with Crippen molar-refractivity contribution in [2.45, 2.75) is 13.0 Å². The van der Waals surface area contributed by atoms with Crippen LogP contribution in [-0.4, -0.2) is 17.7 Å². The Kier molecular flexibility index (Phi) is 5.06. The monoisotopic (exact) mass is 306 g/mol. The number of halogens is 2. The van der Waals surface area contributed by atoms with Crippen molar-refractivity contribution in [1.82, 2.24) is 5.32 Å². The van der Waals surface area contributed by atoms with E-state index in [1.54, 1.807) is 13.0 Å². The molecule has 3 N–H and O–H groups in total. The number of anilines is 1. The van der Waals surface area contributed by atoms with Crippen molar-refractivity contribution in [3.63, 3.8) is 0 Å². The molecule has 0 saturated heterocycles. The summed E-state index contributed by atoms with van der Waals surface area (Å²) in [5, 5.41) is 14.9. The van der Waals surface area contributed by atoms with Gasteiger partial charge in [0, 0.05) is 17.8 Å². The van der Waals surface area contributed by atoms with Crippen LogP contribution in [0.15, 0.2) is 42.5 Å². The Morgan fingerprint density at radius 1 is 1.23 bits per heavy atom. The Morgan fingerprint density at radius 2 is 1.95 bits per heavy atom. The van der Waals surface area contributed by atoms with E-state index in [0.717, 1.165) is 0 Å². The molecule has 0 aliphatic rings. The number of aliphatic hydroxyl groups is 1. The predicted octanol–water partition coefficient (Wildman–Crippen LogP) is 3.13.